The smallest absolute Gasteiger partial charge is 0.374 e. The van der Waals surface area contributed by atoms with E-state index in [1.165, 1.54) is 0 Å². The number of halogens is 3. The van der Waals surface area contributed by atoms with Crippen LogP contribution in [0.25, 0.3) is 0 Å². The van der Waals surface area contributed by atoms with Gasteiger partial charge in [-0.3, -0.25) is 0 Å². The summed E-state index contributed by atoms with van der Waals surface area (Å²) in [5, 5.41) is 3.10. The first-order valence-electron chi connectivity index (χ1n) is 7.07. The van der Waals surface area contributed by atoms with Gasteiger partial charge in [-0.25, -0.2) is 0 Å². The number of rotatable bonds is 3. The molecule has 2 rings (SSSR count). The molecule has 2 fully saturated rings. The van der Waals surface area contributed by atoms with Gasteiger partial charge in [0.25, 0.3) is 0 Å². The molecule has 1 heterocycles. The average molecular weight is 280 g/mol. The fourth-order valence-electron chi connectivity index (χ4n) is 3.04. The Morgan fingerprint density at radius 2 is 2.00 bits per heavy atom. The minimum Gasteiger partial charge on any atom is -0.374 e. The minimum absolute atomic E-state index is 0.00885. The molecular formula is C13H23F3N2O. The number of nitrogens with zero attached hydrogens (tertiary/aromatic N) is 1. The zero-order valence-electron chi connectivity index (χ0n) is 11.4. The maximum atomic E-state index is 12.9. The Morgan fingerprint density at radius 1 is 1.26 bits per heavy atom. The monoisotopic (exact) mass is 280 g/mol. The summed E-state index contributed by atoms with van der Waals surface area (Å²) in [5.41, 5.74) is 0. The van der Waals surface area contributed by atoms with Gasteiger partial charge in [-0.05, 0) is 19.9 Å². The van der Waals surface area contributed by atoms with Crippen molar-refractivity contribution in [2.75, 3.05) is 33.3 Å². The van der Waals surface area contributed by atoms with Gasteiger partial charge >= 0.3 is 6.18 Å². The van der Waals surface area contributed by atoms with Crippen molar-refractivity contribution >= 4 is 0 Å². The first kappa shape index (κ1) is 15.1. The highest BCUT2D eigenvalue weighted by molar-refractivity contribution is 4.86. The van der Waals surface area contributed by atoms with Crippen molar-refractivity contribution in [2.24, 2.45) is 5.92 Å². The molecule has 0 spiro atoms. The Hall–Kier alpha value is -0.330. The van der Waals surface area contributed by atoms with Crippen LogP contribution in [-0.2, 0) is 4.74 Å². The van der Waals surface area contributed by atoms with Gasteiger partial charge in [-0.1, -0.05) is 12.8 Å². The topological polar surface area (TPSA) is 24.5 Å². The molecule has 1 aliphatic heterocycles. The summed E-state index contributed by atoms with van der Waals surface area (Å²) < 4.78 is 44.4. The van der Waals surface area contributed by atoms with E-state index < -0.39 is 18.1 Å². The molecule has 0 amide bonds. The van der Waals surface area contributed by atoms with Crippen LogP contribution in [0.5, 0.6) is 0 Å². The Labute approximate surface area is 112 Å². The maximum Gasteiger partial charge on any atom is 0.393 e. The molecule has 0 radical (unpaired) electrons. The van der Waals surface area contributed by atoms with Gasteiger partial charge in [-0.2, -0.15) is 13.2 Å². The lowest BCUT2D eigenvalue weighted by Gasteiger charge is -2.36. The summed E-state index contributed by atoms with van der Waals surface area (Å²) in [6.07, 6.45) is -1.63. The predicted octanol–water partition coefficient (Wildman–Crippen LogP) is 2.03. The molecular weight excluding hydrogens is 257 g/mol. The standard InChI is InChI=1S/C13H23F3N2O/c1-18-6-7-19-10(9-18)8-17-12-5-3-2-4-11(12)13(14,15)16/h10-12,17H,2-9H2,1H3. The summed E-state index contributed by atoms with van der Waals surface area (Å²) in [7, 11) is 2.01. The molecule has 1 saturated carbocycles. The van der Waals surface area contributed by atoms with Crippen LogP contribution >= 0.6 is 0 Å². The predicted molar refractivity (Wildman–Crippen MR) is 67.0 cm³/mol. The quantitative estimate of drug-likeness (QED) is 0.856. The SMILES string of the molecule is CN1CCOC(CNC2CCCCC2C(F)(F)F)C1. The molecule has 0 aromatic rings. The maximum absolute atomic E-state index is 12.9. The molecule has 112 valence electrons. The van der Waals surface area contributed by atoms with E-state index in [0.29, 0.717) is 26.0 Å². The third-order valence-electron chi connectivity index (χ3n) is 4.14. The molecule has 0 bridgehead atoms. The second kappa shape index (κ2) is 6.41. The number of hydrogen-bond acceptors (Lipinski definition) is 3. The van der Waals surface area contributed by atoms with Gasteiger partial charge in [0, 0.05) is 25.7 Å². The molecule has 0 aromatic carbocycles. The van der Waals surface area contributed by atoms with Gasteiger partial charge in [0.2, 0.25) is 0 Å². The van der Waals surface area contributed by atoms with E-state index in [1.807, 2.05) is 7.05 Å². The van der Waals surface area contributed by atoms with Crippen molar-refractivity contribution in [1.29, 1.82) is 0 Å². The van der Waals surface area contributed by atoms with Gasteiger partial charge in [0.15, 0.2) is 0 Å². The van der Waals surface area contributed by atoms with Crippen LogP contribution in [0.3, 0.4) is 0 Å². The summed E-state index contributed by atoms with van der Waals surface area (Å²) >= 11 is 0. The van der Waals surface area contributed by atoms with E-state index in [9.17, 15) is 13.2 Å². The number of likely N-dealkylation sites (N-methyl/N-ethyl adjacent to an activating group) is 1. The van der Waals surface area contributed by atoms with Crippen molar-refractivity contribution < 1.29 is 17.9 Å². The number of ether oxygens (including phenoxy) is 1. The van der Waals surface area contributed by atoms with Gasteiger partial charge in [-0.15, -0.1) is 0 Å². The molecule has 1 aliphatic carbocycles. The Bertz CT molecular complexity index is 286. The van der Waals surface area contributed by atoms with E-state index in [4.69, 9.17) is 4.74 Å². The van der Waals surface area contributed by atoms with Gasteiger partial charge in [0.05, 0.1) is 18.6 Å². The molecule has 3 atom stereocenters. The van der Waals surface area contributed by atoms with Crippen LogP contribution in [0.4, 0.5) is 13.2 Å². The number of hydrogen-bond donors (Lipinski definition) is 1. The zero-order chi connectivity index (χ0) is 13.9. The first-order valence-corrected chi connectivity index (χ1v) is 7.07. The van der Waals surface area contributed by atoms with Gasteiger partial charge in [0.1, 0.15) is 0 Å². The Morgan fingerprint density at radius 3 is 2.68 bits per heavy atom. The van der Waals surface area contributed by atoms with Crippen LogP contribution < -0.4 is 5.32 Å². The third-order valence-corrected chi connectivity index (χ3v) is 4.14. The van der Waals surface area contributed by atoms with E-state index in [2.05, 4.69) is 10.2 Å². The van der Waals surface area contributed by atoms with Crippen LogP contribution in [0, 0.1) is 5.92 Å². The van der Waals surface area contributed by atoms with Crippen molar-refractivity contribution in [1.82, 2.24) is 10.2 Å². The molecule has 1 N–H and O–H groups in total. The zero-order valence-corrected chi connectivity index (χ0v) is 11.4. The highest BCUT2D eigenvalue weighted by Gasteiger charge is 2.45. The summed E-state index contributed by atoms with van der Waals surface area (Å²) in [5.74, 6) is -1.19. The molecule has 0 aromatic heterocycles. The van der Waals surface area contributed by atoms with Crippen molar-refractivity contribution in [3.8, 4) is 0 Å². The second-order valence-corrected chi connectivity index (χ2v) is 5.70. The second-order valence-electron chi connectivity index (χ2n) is 5.70. The lowest BCUT2D eigenvalue weighted by atomic mass is 9.84. The molecule has 3 unspecified atom stereocenters. The van der Waals surface area contributed by atoms with Crippen LogP contribution in [0.1, 0.15) is 25.7 Å². The van der Waals surface area contributed by atoms with E-state index in [0.717, 1.165) is 19.5 Å². The molecule has 2 aliphatic rings. The molecule has 3 nitrogen and oxygen atoms in total. The lowest BCUT2D eigenvalue weighted by Crippen LogP contribution is -2.51. The normalized spacial score (nSPS) is 34.4. The van der Waals surface area contributed by atoms with E-state index in [-0.39, 0.29) is 12.5 Å². The Balaban J connectivity index is 1.82. The summed E-state index contributed by atoms with van der Waals surface area (Å²) in [6.45, 7) is 2.86. The van der Waals surface area contributed by atoms with Crippen LogP contribution in [-0.4, -0.2) is 56.5 Å². The Kier molecular flexibility index (Phi) is 5.09. The first-order chi connectivity index (χ1) is 8.97. The average Bonchev–Trinajstić information content (AvgIpc) is 2.36. The number of morpholine rings is 1. The van der Waals surface area contributed by atoms with E-state index >= 15 is 0 Å². The van der Waals surface area contributed by atoms with Gasteiger partial charge < -0.3 is 15.0 Å². The lowest BCUT2D eigenvalue weighted by molar-refractivity contribution is -0.189. The fourth-order valence-corrected chi connectivity index (χ4v) is 3.04. The minimum atomic E-state index is -4.08. The van der Waals surface area contributed by atoms with Crippen molar-refractivity contribution in [3.05, 3.63) is 0 Å². The summed E-state index contributed by atoms with van der Waals surface area (Å²) in [6, 6.07) is -0.440. The molecule has 1 saturated heterocycles. The third kappa shape index (κ3) is 4.33. The highest BCUT2D eigenvalue weighted by Crippen LogP contribution is 2.37. The molecule has 6 heteroatoms. The van der Waals surface area contributed by atoms with E-state index in [1.54, 1.807) is 0 Å². The van der Waals surface area contributed by atoms with Crippen molar-refractivity contribution in [2.45, 2.75) is 44.0 Å². The van der Waals surface area contributed by atoms with Crippen LogP contribution in [0.2, 0.25) is 0 Å². The molecule has 19 heavy (non-hydrogen) atoms. The number of alkyl halides is 3. The van der Waals surface area contributed by atoms with Crippen LogP contribution in [0.15, 0.2) is 0 Å². The largest absolute Gasteiger partial charge is 0.393 e. The summed E-state index contributed by atoms with van der Waals surface area (Å²) in [4.78, 5) is 2.15. The highest BCUT2D eigenvalue weighted by atomic mass is 19.4. The number of nitrogens with one attached hydrogen (secondary N) is 1. The fraction of sp³-hybridized carbons (Fsp3) is 1.00. The van der Waals surface area contributed by atoms with Crippen molar-refractivity contribution in [3.63, 3.8) is 0 Å².